The summed E-state index contributed by atoms with van der Waals surface area (Å²) in [5, 5.41) is 0. The van der Waals surface area contributed by atoms with Crippen molar-refractivity contribution in [3.8, 4) is 0 Å². The lowest BCUT2D eigenvalue weighted by Gasteiger charge is -2.31. The molecule has 1 aliphatic heterocycles. The van der Waals surface area contributed by atoms with Gasteiger partial charge < -0.3 is 14.2 Å². The van der Waals surface area contributed by atoms with E-state index in [2.05, 4.69) is 36.6 Å². The molecule has 1 fully saturated rings. The van der Waals surface area contributed by atoms with E-state index < -0.39 is 0 Å². The van der Waals surface area contributed by atoms with Crippen molar-refractivity contribution in [2.75, 3.05) is 19.7 Å². The summed E-state index contributed by atoms with van der Waals surface area (Å²) in [4.78, 5) is 28.7. The lowest BCUT2D eigenvalue weighted by molar-refractivity contribution is -0.149. The standard InChI is InChI=1S/C24H28N2O3S/c1-4-29-24(28)19-10-12-25(13-11-19)23(27)21-15-22-20(14-16(2)30-22)26(21)17(3)18-8-6-5-7-9-18/h5-9,14-15,17,19H,4,10-13H2,1-3H3. The quantitative estimate of drug-likeness (QED) is 0.540. The molecule has 0 radical (unpaired) electrons. The summed E-state index contributed by atoms with van der Waals surface area (Å²) in [7, 11) is 0. The number of rotatable bonds is 5. The van der Waals surface area contributed by atoms with Crippen LogP contribution < -0.4 is 0 Å². The van der Waals surface area contributed by atoms with Gasteiger partial charge in [-0.25, -0.2) is 0 Å². The van der Waals surface area contributed by atoms with E-state index in [1.807, 2.05) is 36.1 Å². The summed E-state index contributed by atoms with van der Waals surface area (Å²) in [5.74, 6) is -0.196. The zero-order chi connectivity index (χ0) is 21.3. The van der Waals surface area contributed by atoms with Gasteiger partial charge in [-0.3, -0.25) is 9.59 Å². The minimum atomic E-state index is -0.137. The van der Waals surface area contributed by atoms with Crippen molar-refractivity contribution < 1.29 is 14.3 Å². The molecule has 2 aromatic heterocycles. The number of esters is 1. The fourth-order valence-electron chi connectivity index (χ4n) is 4.34. The largest absolute Gasteiger partial charge is 0.466 e. The number of ether oxygens (including phenoxy) is 1. The van der Waals surface area contributed by atoms with Crippen molar-refractivity contribution in [3.63, 3.8) is 0 Å². The Morgan fingerprint density at radius 1 is 1.17 bits per heavy atom. The molecule has 6 heteroatoms. The average molecular weight is 425 g/mol. The van der Waals surface area contributed by atoms with Crippen LogP contribution in [-0.2, 0) is 9.53 Å². The number of nitrogens with zero attached hydrogens (tertiary/aromatic N) is 2. The number of thiophene rings is 1. The molecular formula is C24H28N2O3S. The molecule has 1 aromatic carbocycles. The monoisotopic (exact) mass is 424 g/mol. The van der Waals surface area contributed by atoms with Gasteiger partial charge in [0.05, 0.1) is 28.8 Å². The minimum absolute atomic E-state index is 0.0427. The SMILES string of the molecule is CCOC(=O)C1CCN(C(=O)c2cc3sc(C)cc3n2C(C)c2ccccc2)CC1. The van der Waals surface area contributed by atoms with Crippen molar-refractivity contribution in [2.45, 2.75) is 39.7 Å². The Bertz CT molecular complexity index is 1050. The van der Waals surface area contributed by atoms with Crippen molar-refractivity contribution in [1.29, 1.82) is 0 Å². The van der Waals surface area contributed by atoms with Gasteiger partial charge in [0.25, 0.3) is 5.91 Å². The molecule has 30 heavy (non-hydrogen) atoms. The van der Waals surface area contributed by atoms with Crippen molar-refractivity contribution in [3.05, 3.63) is 58.6 Å². The first kappa shape index (κ1) is 20.7. The van der Waals surface area contributed by atoms with Gasteiger partial charge in [0.1, 0.15) is 5.69 Å². The second-order valence-electron chi connectivity index (χ2n) is 7.91. The molecule has 0 saturated carbocycles. The van der Waals surface area contributed by atoms with Crippen LogP contribution in [0.3, 0.4) is 0 Å². The molecule has 1 amide bonds. The van der Waals surface area contributed by atoms with E-state index in [9.17, 15) is 9.59 Å². The maximum Gasteiger partial charge on any atom is 0.309 e. The van der Waals surface area contributed by atoms with E-state index in [0.29, 0.717) is 32.5 Å². The van der Waals surface area contributed by atoms with Crippen LogP contribution in [0.2, 0.25) is 0 Å². The van der Waals surface area contributed by atoms with Crippen LogP contribution in [0.25, 0.3) is 10.2 Å². The predicted octanol–water partition coefficient (Wildman–Crippen LogP) is 5.04. The molecule has 0 N–H and O–H groups in total. The highest BCUT2D eigenvalue weighted by Gasteiger charge is 2.31. The molecule has 5 nitrogen and oxygen atoms in total. The summed E-state index contributed by atoms with van der Waals surface area (Å²) in [5.41, 5.74) is 3.01. The fraction of sp³-hybridized carbons (Fsp3) is 0.417. The first-order valence-corrected chi connectivity index (χ1v) is 11.4. The van der Waals surface area contributed by atoms with Crippen molar-refractivity contribution in [1.82, 2.24) is 9.47 Å². The fourth-order valence-corrected chi connectivity index (χ4v) is 5.29. The van der Waals surface area contributed by atoms with Crippen LogP contribution in [0.5, 0.6) is 0 Å². The molecule has 1 unspecified atom stereocenters. The summed E-state index contributed by atoms with van der Waals surface area (Å²) >= 11 is 1.72. The smallest absolute Gasteiger partial charge is 0.309 e. The lowest BCUT2D eigenvalue weighted by Crippen LogP contribution is -2.41. The molecule has 158 valence electrons. The number of fused-ring (bicyclic) bond motifs is 1. The van der Waals surface area contributed by atoms with E-state index in [1.54, 1.807) is 11.3 Å². The van der Waals surface area contributed by atoms with E-state index >= 15 is 0 Å². The Balaban J connectivity index is 1.62. The number of carbonyl (C=O) groups excluding carboxylic acids is 2. The molecule has 1 atom stereocenters. The van der Waals surface area contributed by atoms with Crippen LogP contribution in [-0.4, -0.2) is 41.0 Å². The third kappa shape index (κ3) is 3.88. The Hall–Kier alpha value is -2.60. The van der Waals surface area contributed by atoms with E-state index in [0.717, 1.165) is 15.9 Å². The first-order valence-electron chi connectivity index (χ1n) is 10.6. The number of carbonyl (C=O) groups is 2. The number of hydrogen-bond donors (Lipinski definition) is 0. The summed E-state index contributed by atoms with van der Waals surface area (Å²) in [6, 6.07) is 14.5. The topological polar surface area (TPSA) is 51.5 Å². The minimum Gasteiger partial charge on any atom is -0.466 e. The molecule has 0 spiro atoms. The second-order valence-corrected chi connectivity index (χ2v) is 9.20. The van der Waals surface area contributed by atoms with Gasteiger partial charge in [-0.05, 0) is 51.3 Å². The van der Waals surface area contributed by atoms with Crippen molar-refractivity contribution in [2.24, 2.45) is 5.92 Å². The highest BCUT2D eigenvalue weighted by Crippen LogP contribution is 2.34. The van der Waals surface area contributed by atoms with Gasteiger partial charge in [-0.2, -0.15) is 0 Å². The number of hydrogen-bond acceptors (Lipinski definition) is 4. The molecule has 1 aliphatic rings. The molecule has 3 heterocycles. The summed E-state index contributed by atoms with van der Waals surface area (Å²) in [6.45, 7) is 7.64. The van der Waals surface area contributed by atoms with Gasteiger partial charge in [-0.1, -0.05) is 30.3 Å². The molecular weight excluding hydrogens is 396 g/mol. The van der Waals surface area contributed by atoms with E-state index in [1.165, 1.54) is 10.4 Å². The van der Waals surface area contributed by atoms with Gasteiger partial charge in [-0.15, -0.1) is 11.3 Å². The maximum atomic E-state index is 13.5. The first-order chi connectivity index (χ1) is 14.5. The van der Waals surface area contributed by atoms with E-state index in [-0.39, 0.29) is 23.8 Å². The van der Waals surface area contributed by atoms with Crippen LogP contribution in [0, 0.1) is 12.8 Å². The number of amides is 1. The maximum absolute atomic E-state index is 13.5. The Morgan fingerprint density at radius 3 is 2.53 bits per heavy atom. The summed E-state index contributed by atoms with van der Waals surface area (Å²) in [6.07, 6.45) is 1.32. The highest BCUT2D eigenvalue weighted by atomic mass is 32.1. The number of likely N-dealkylation sites (tertiary alicyclic amines) is 1. The zero-order valence-corrected chi connectivity index (χ0v) is 18.6. The molecule has 3 aromatic rings. The van der Waals surface area contributed by atoms with Crippen LogP contribution in [0.1, 0.15) is 53.7 Å². The second kappa shape index (κ2) is 8.64. The lowest BCUT2D eigenvalue weighted by atomic mass is 9.97. The van der Waals surface area contributed by atoms with Crippen LogP contribution in [0.15, 0.2) is 42.5 Å². The summed E-state index contributed by atoms with van der Waals surface area (Å²) < 4.78 is 8.47. The molecule has 4 rings (SSSR count). The highest BCUT2D eigenvalue weighted by molar-refractivity contribution is 7.19. The number of aryl methyl sites for hydroxylation is 1. The molecule has 0 bridgehead atoms. The Kier molecular flexibility index (Phi) is 5.95. The third-order valence-corrected chi connectivity index (χ3v) is 6.93. The van der Waals surface area contributed by atoms with Gasteiger partial charge in [0.15, 0.2) is 0 Å². The predicted molar refractivity (Wildman–Crippen MR) is 120 cm³/mol. The van der Waals surface area contributed by atoms with Crippen LogP contribution >= 0.6 is 11.3 Å². The normalized spacial score (nSPS) is 16.0. The number of benzene rings is 1. The number of piperidine rings is 1. The van der Waals surface area contributed by atoms with Gasteiger partial charge >= 0.3 is 5.97 Å². The van der Waals surface area contributed by atoms with Gasteiger partial charge in [0.2, 0.25) is 0 Å². The van der Waals surface area contributed by atoms with Crippen molar-refractivity contribution >= 4 is 33.4 Å². The molecule has 1 saturated heterocycles. The van der Waals surface area contributed by atoms with Crippen LogP contribution in [0.4, 0.5) is 0 Å². The Morgan fingerprint density at radius 2 is 1.87 bits per heavy atom. The third-order valence-electron chi connectivity index (χ3n) is 5.94. The van der Waals surface area contributed by atoms with Gasteiger partial charge in [0, 0.05) is 18.0 Å². The average Bonchev–Trinajstić information content (AvgIpc) is 3.29. The Labute approximate surface area is 181 Å². The molecule has 0 aliphatic carbocycles. The zero-order valence-electron chi connectivity index (χ0n) is 17.8. The number of aromatic nitrogens is 1. The van der Waals surface area contributed by atoms with E-state index in [4.69, 9.17) is 4.74 Å².